The molecular weight excluding hydrogens is 318 g/mol. The van der Waals surface area contributed by atoms with Gasteiger partial charge >= 0.3 is 0 Å². The Bertz CT molecular complexity index is 801. The molecule has 1 aliphatic rings. The quantitative estimate of drug-likeness (QED) is 0.793. The molecule has 0 unspecified atom stereocenters. The lowest BCUT2D eigenvalue weighted by Gasteiger charge is -2.17. The van der Waals surface area contributed by atoms with Crippen molar-refractivity contribution in [1.29, 1.82) is 0 Å². The number of pyridine rings is 1. The molecule has 1 saturated heterocycles. The van der Waals surface area contributed by atoms with Crippen molar-refractivity contribution in [2.24, 2.45) is 5.73 Å². The molecule has 4 heteroatoms. The van der Waals surface area contributed by atoms with Crippen molar-refractivity contribution in [3.05, 3.63) is 78.0 Å². The highest BCUT2D eigenvalue weighted by Gasteiger charge is 2.31. The summed E-state index contributed by atoms with van der Waals surface area (Å²) in [6.07, 6.45) is 1.87. The normalized spacial score (nSPS) is 20.9. The van der Waals surface area contributed by atoms with E-state index in [0.29, 0.717) is 5.92 Å². The molecule has 1 aromatic heterocycles. The second kappa shape index (κ2) is 7.31. The maximum absolute atomic E-state index is 6.41. The Labute approximate surface area is 148 Å². The van der Waals surface area contributed by atoms with Gasteiger partial charge in [0.25, 0.3) is 0 Å². The Morgan fingerprint density at radius 2 is 1.75 bits per heavy atom. The summed E-state index contributed by atoms with van der Waals surface area (Å²) < 4.78 is 0. The van der Waals surface area contributed by atoms with Crippen LogP contribution in [0.4, 0.5) is 0 Å². The predicted molar refractivity (Wildman–Crippen MR) is 101 cm³/mol. The first kappa shape index (κ1) is 16.9. The molecule has 124 valence electrons. The highest BCUT2D eigenvalue weighted by molar-refractivity contribution is 5.85. The van der Waals surface area contributed by atoms with Crippen LogP contribution < -0.4 is 5.73 Å². The third-order valence-electron chi connectivity index (χ3n) is 4.78. The first-order valence-corrected chi connectivity index (χ1v) is 8.17. The van der Waals surface area contributed by atoms with E-state index in [4.69, 9.17) is 5.73 Å². The molecule has 1 aliphatic heterocycles. The molecule has 1 fully saturated rings. The fraction of sp³-hybridized carbons (Fsp3) is 0.250. The van der Waals surface area contributed by atoms with E-state index in [-0.39, 0.29) is 18.4 Å². The summed E-state index contributed by atoms with van der Waals surface area (Å²) in [5, 5.41) is 1.20. The van der Waals surface area contributed by atoms with Crippen molar-refractivity contribution in [2.75, 3.05) is 13.1 Å². The Morgan fingerprint density at radius 1 is 0.958 bits per heavy atom. The number of likely N-dealkylation sites (tertiary alicyclic amines) is 1. The van der Waals surface area contributed by atoms with Gasteiger partial charge < -0.3 is 5.73 Å². The number of benzene rings is 2. The van der Waals surface area contributed by atoms with Crippen molar-refractivity contribution in [2.45, 2.75) is 18.5 Å². The topological polar surface area (TPSA) is 42.1 Å². The van der Waals surface area contributed by atoms with Crippen LogP contribution in [-0.4, -0.2) is 29.0 Å². The maximum Gasteiger partial charge on any atom is 0.0746 e. The van der Waals surface area contributed by atoms with Gasteiger partial charge in [0.05, 0.1) is 5.52 Å². The standard InChI is InChI=1S/C20H21N3.ClH/c21-19-14-23(13-18(19)15-6-2-1-3-7-15)12-17-9-4-8-16-10-5-11-22-20(16)17;/h1-11,18-19H,12-14,21H2;1H/t18-,19+;/m0./s1. The Kier molecular flexibility index (Phi) is 5.14. The Balaban J connectivity index is 0.00000169. The number of aromatic nitrogens is 1. The third kappa shape index (κ3) is 3.29. The molecule has 2 heterocycles. The van der Waals surface area contributed by atoms with E-state index in [9.17, 15) is 0 Å². The lowest BCUT2D eigenvalue weighted by molar-refractivity contribution is 0.325. The molecule has 2 aromatic carbocycles. The zero-order valence-corrected chi connectivity index (χ0v) is 14.3. The SMILES string of the molecule is Cl.N[C@@H]1CN(Cc2cccc3cccnc23)C[C@H]1c1ccccc1. The molecule has 3 aromatic rings. The van der Waals surface area contributed by atoms with Gasteiger partial charge in [-0.2, -0.15) is 0 Å². The van der Waals surface area contributed by atoms with Gasteiger partial charge in [-0.3, -0.25) is 9.88 Å². The monoisotopic (exact) mass is 339 g/mol. The molecule has 0 radical (unpaired) electrons. The highest BCUT2D eigenvalue weighted by Crippen LogP contribution is 2.28. The lowest BCUT2D eigenvalue weighted by Crippen LogP contribution is -2.28. The summed E-state index contributed by atoms with van der Waals surface area (Å²) in [7, 11) is 0. The summed E-state index contributed by atoms with van der Waals surface area (Å²) in [5.41, 5.74) is 10.1. The van der Waals surface area contributed by atoms with E-state index in [1.54, 1.807) is 0 Å². The van der Waals surface area contributed by atoms with E-state index in [1.807, 2.05) is 12.3 Å². The van der Waals surface area contributed by atoms with Gasteiger partial charge in [0.1, 0.15) is 0 Å². The Morgan fingerprint density at radius 3 is 2.58 bits per heavy atom. The number of nitrogens with two attached hydrogens (primary N) is 1. The van der Waals surface area contributed by atoms with Crippen LogP contribution in [-0.2, 0) is 6.54 Å². The third-order valence-corrected chi connectivity index (χ3v) is 4.78. The van der Waals surface area contributed by atoms with Crippen molar-refractivity contribution >= 4 is 23.3 Å². The van der Waals surface area contributed by atoms with Crippen LogP contribution in [0.2, 0.25) is 0 Å². The average Bonchev–Trinajstić information content (AvgIpc) is 2.96. The van der Waals surface area contributed by atoms with E-state index >= 15 is 0 Å². The van der Waals surface area contributed by atoms with Gasteiger partial charge in [-0.05, 0) is 17.2 Å². The van der Waals surface area contributed by atoms with Crippen molar-refractivity contribution in [3.8, 4) is 0 Å². The number of hydrogen-bond donors (Lipinski definition) is 1. The molecule has 0 saturated carbocycles. The smallest absolute Gasteiger partial charge is 0.0746 e. The zero-order valence-electron chi connectivity index (χ0n) is 13.5. The van der Waals surface area contributed by atoms with Crippen LogP contribution >= 0.6 is 12.4 Å². The summed E-state index contributed by atoms with van der Waals surface area (Å²) in [6, 6.07) is 21.3. The molecule has 2 atom stereocenters. The molecule has 0 bridgehead atoms. The summed E-state index contributed by atoms with van der Waals surface area (Å²) in [4.78, 5) is 7.01. The van der Waals surface area contributed by atoms with Gasteiger partial charge in [-0.25, -0.2) is 0 Å². The number of hydrogen-bond acceptors (Lipinski definition) is 3. The highest BCUT2D eigenvalue weighted by atomic mass is 35.5. The first-order valence-electron chi connectivity index (χ1n) is 8.17. The van der Waals surface area contributed by atoms with Crippen LogP contribution in [0.25, 0.3) is 10.9 Å². The van der Waals surface area contributed by atoms with E-state index in [1.165, 1.54) is 16.5 Å². The van der Waals surface area contributed by atoms with Crippen LogP contribution in [0, 0.1) is 0 Å². The fourth-order valence-corrected chi connectivity index (χ4v) is 3.63. The molecule has 0 spiro atoms. The number of halogens is 1. The fourth-order valence-electron chi connectivity index (χ4n) is 3.63. The number of nitrogens with zero attached hydrogens (tertiary/aromatic N) is 2. The van der Waals surface area contributed by atoms with Crippen LogP contribution in [0.15, 0.2) is 66.9 Å². The summed E-state index contributed by atoms with van der Waals surface area (Å²) >= 11 is 0. The first-order chi connectivity index (χ1) is 11.3. The van der Waals surface area contributed by atoms with Crippen LogP contribution in [0.3, 0.4) is 0 Å². The molecule has 4 rings (SSSR count). The molecular formula is C20H22ClN3. The minimum atomic E-state index is 0. The van der Waals surface area contributed by atoms with Gasteiger partial charge in [-0.15, -0.1) is 12.4 Å². The minimum absolute atomic E-state index is 0. The maximum atomic E-state index is 6.41. The van der Waals surface area contributed by atoms with E-state index in [0.717, 1.165) is 25.2 Å². The Hall–Kier alpha value is -1.94. The summed E-state index contributed by atoms with van der Waals surface area (Å²) in [6.45, 7) is 2.85. The molecule has 24 heavy (non-hydrogen) atoms. The lowest BCUT2D eigenvalue weighted by atomic mass is 9.95. The van der Waals surface area contributed by atoms with Crippen molar-refractivity contribution < 1.29 is 0 Å². The average molecular weight is 340 g/mol. The zero-order chi connectivity index (χ0) is 15.6. The number of rotatable bonds is 3. The van der Waals surface area contributed by atoms with Gasteiger partial charge in [0.15, 0.2) is 0 Å². The van der Waals surface area contributed by atoms with Crippen molar-refractivity contribution in [1.82, 2.24) is 9.88 Å². The summed E-state index contributed by atoms with van der Waals surface area (Å²) in [5.74, 6) is 0.416. The van der Waals surface area contributed by atoms with Crippen LogP contribution in [0.5, 0.6) is 0 Å². The van der Waals surface area contributed by atoms with Gasteiger partial charge in [0.2, 0.25) is 0 Å². The van der Waals surface area contributed by atoms with E-state index in [2.05, 4.69) is 64.5 Å². The number of fused-ring (bicyclic) bond motifs is 1. The van der Waals surface area contributed by atoms with Gasteiger partial charge in [0, 0.05) is 43.2 Å². The van der Waals surface area contributed by atoms with Crippen molar-refractivity contribution in [3.63, 3.8) is 0 Å². The minimum Gasteiger partial charge on any atom is -0.326 e. The molecule has 3 nitrogen and oxygen atoms in total. The molecule has 0 amide bonds. The second-order valence-electron chi connectivity index (χ2n) is 6.37. The number of para-hydroxylation sites is 1. The molecule has 2 N–H and O–H groups in total. The second-order valence-corrected chi connectivity index (χ2v) is 6.37. The van der Waals surface area contributed by atoms with Crippen LogP contribution in [0.1, 0.15) is 17.0 Å². The van der Waals surface area contributed by atoms with Gasteiger partial charge in [-0.1, -0.05) is 54.6 Å². The largest absolute Gasteiger partial charge is 0.326 e. The van der Waals surface area contributed by atoms with E-state index < -0.39 is 0 Å². The predicted octanol–water partition coefficient (Wildman–Crippen LogP) is 3.58. The molecule has 0 aliphatic carbocycles.